The van der Waals surface area contributed by atoms with Crippen LogP contribution in [0.3, 0.4) is 0 Å². The highest BCUT2D eigenvalue weighted by Crippen LogP contribution is 2.17. The molecule has 1 unspecified atom stereocenters. The zero-order valence-corrected chi connectivity index (χ0v) is 12.6. The monoisotopic (exact) mass is 297 g/mol. The number of nitrogens with one attached hydrogen (secondary N) is 1. The number of aromatic amines is 1. The topological polar surface area (TPSA) is 71.8 Å². The van der Waals surface area contributed by atoms with Crippen LogP contribution in [0, 0.1) is 0 Å². The molecule has 0 radical (unpaired) electrons. The molecule has 0 saturated heterocycles. The van der Waals surface area contributed by atoms with Crippen LogP contribution >= 0.6 is 9.24 Å². The second-order valence-corrected chi connectivity index (χ2v) is 5.58. The number of nitrogens with two attached hydrogens (primary N) is 1. The summed E-state index contributed by atoms with van der Waals surface area (Å²) in [7, 11) is 2.66. The minimum atomic E-state index is -0.578. The van der Waals surface area contributed by atoms with Crippen molar-refractivity contribution in [3.05, 3.63) is 60.2 Å². The molecule has 0 saturated carbocycles. The molecule has 21 heavy (non-hydrogen) atoms. The van der Waals surface area contributed by atoms with E-state index in [1.54, 1.807) is 12.5 Å². The number of hydrogen-bond donors (Lipinski definition) is 2. The molecule has 5 heteroatoms. The van der Waals surface area contributed by atoms with Gasteiger partial charge in [-0.1, -0.05) is 36.4 Å². The Labute approximate surface area is 125 Å². The van der Waals surface area contributed by atoms with Crippen molar-refractivity contribution in [1.82, 2.24) is 9.97 Å². The molecule has 3 rings (SSSR count). The molecular weight excluding hydrogens is 281 g/mol. The van der Waals surface area contributed by atoms with Crippen LogP contribution in [0.2, 0.25) is 0 Å². The van der Waals surface area contributed by atoms with Gasteiger partial charge in [-0.3, -0.25) is 4.79 Å². The number of carbonyl (C=O) groups excluding carboxylic acids is 1. The van der Waals surface area contributed by atoms with Gasteiger partial charge >= 0.3 is 0 Å². The fraction of sp³-hybridized carbons (Fsp3) is 0.125. The predicted molar refractivity (Wildman–Crippen MR) is 87.9 cm³/mol. The Morgan fingerprint density at radius 1 is 1.29 bits per heavy atom. The summed E-state index contributed by atoms with van der Waals surface area (Å²) < 4.78 is 0. The Hall–Kier alpha value is -2.03. The third-order valence-corrected chi connectivity index (χ3v) is 4.19. The van der Waals surface area contributed by atoms with Crippen LogP contribution in [-0.2, 0) is 6.42 Å². The van der Waals surface area contributed by atoms with Crippen LogP contribution in [-0.4, -0.2) is 21.8 Å². The number of ketones is 1. The van der Waals surface area contributed by atoms with E-state index in [9.17, 15) is 4.79 Å². The molecule has 106 valence electrons. The smallest absolute Gasteiger partial charge is 0.180 e. The van der Waals surface area contributed by atoms with Crippen molar-refractivity contribution in [2.45, 2.75) is 12.5 Å². The highest BCUT2D eigenvalue weighted by molar-refractivity contribution is 7.28. The summed E-state index contributed by atoms with van der Waals surface area (Å²) in [6.07, 6.45) is 3.73. The molecule has 1 heterocycles. The number of rotatable bonds is 4. The van der Waals surface area contributed by atoms with Crippen molar-refractivity contribution in [3.63, 3.8) is 0 Å². The molecule has 0 aliphatic carbocycles. The maximum atomic E-state index is 12.6. The minimum Gasteiger partial charge on any atom is -0.348 e. The zero-order chi connectivity index (χ0) is 14.8. The molecule has 0 bridgehead atoms. The first kappa shape index (κ1) is 13.9. The van der Waals surface area contributed by atoms with E-state index in [0.717, 1.165) is 21.8 Å². The number of H-pyrrole nitrogens is 1. The fourth-order valence-electron chi connectivity index (χ4n) is 2.44. The number of nitrogens with zero attached hydrogens (tertiary/aromatic N) is 1. The molecule has 0 fully saturated rings. The average Bonchev–Trinajstić information content (AvgIpc) is 3.00. The van der Waals surface area contributed by atoms with Gasteiger partial charge in [0.1, 0.15) is 0 Å². The molecule has 0 aliphatic rings. The molecule has 4 nitrogen and oxygen atoms in total. The molecule has 0 aliphatic heterocycles. The van der Waals surface area contributed by atoms with Crippen LogP contribution in [0.25, 0.3) is 10.8 Å². The van der Waals surface area contributed by atoms with Crippen molar-refractivity contribution in [2.75, 3.05) is 0 Å². The Morgan fingerprint density at radius 3 is 2.86 bits per heavy atom. The molecule has 1 aromatic heterocycles. The van der Waals surface area contributed by atoms with Crippen LogP contribution in [0.15, 0.2) is 48.9 Å². The number of hydrogen-bond acceptors (Lipinski definition) is 3. The van der Waals surface area contributed by atoms with Gasteiger partial charge in [-0.25, -0.2) is 4.98 Å². The predicted octanol–water partition coefficient (Wildman–Crippen LogP) is 1.82. The first-order valence-corrected chi connectivity index (χ1v) is 7.29. The van der Waals surface area contributed by atoms with Crippen LogP contribution < -0.4 is 11.0 Å². The van der Waals surface area contributed by atoms with E-state index in [4.69, 9.17) is 5.73 Å². The highest BCUT2D eigenvalue weighted by Gasteiger charge is 2.19. The van der Waals surface area contributed by atoms with E-state index in [-0.39, 0.29) is 5.78 Å². The summed E-state index contributed by atoms with van der Waals surface area (Å²) in [6.45, 7) is 0. The average molecular weight is 297 g/mol. The Kier molecular flexibility index (Phi) is 3.82. The maximum absolute atomic E-state index is 12.6. The second-order valence-electron chi connectivity index (χ2n) is 5.00. The largest absolute Gasteiger partial charge is 0.348 e. The van der Waals surface area contributed by atoms with Gasteiger partial charge < -0.3 is 10.7 Å². The van der Waals surface area contributed by atoms with E-state index in [1.165, 1.54) is 0 Å². The maximum Gasteiger partial charge on any atom is 0.180 e. The summed E-state index contributed by atoms with van der Waals surface area (Å²) in [5.41, 5.74) is 7.57. The summed E-state index contributed by atoms with van der Waals surface area (Å²) >= 11 is 0. The molecule has 3 aromatic rings. The normalized spacial score (nSPS) is 12.5. The summed E-state index contributed by atoms with van der Waals surface area (Å²) in [5, 5.41) is 3.07. The van der Waals surface area contributed by atoms with Gasteiger partial charge in [0.15, 0.2) is 5.78 Å². The fourth-order valence-corrected chi connectivity index (χ4v) is 2.94. The third-order valence-electron chi connectivity index (χ3n) is 3.57. The summed E-state index contributed by atoms with van der Waals surface area (Å²) in [5.74, 6) is -0.0552. The summed E-state index contributed by atoms with van der Waals surface area (Å²) in [6, 6.07) is 11.2. The molecule has 3 N–H and O–H groups in total. The van der Waals surface area contributed by atoms with Gasteiger partial charge in [-0.05, 0) is 16.1 Å². The van der Waals surface area contributed by atoms with E-state index >= 15 is 0 Å². The van der Waals surface area contributed by atoms with E-state index in [0.29, 0.717) is 12.0 Å². The number of benzene rings is 2. The van der Waals surface area contributed by atoms with E-state index < -0.39 is 6.04 Å². The molecule has 2 atom stereocenters. The van der Waals surface area contributed by atoms with Gasteiger partial charge in [0.25, 0.3) is 0 Å². The Balaban J connectivity index is 1.92. The molecule has 2 aromatic carbocycles. The summed E-state index contributed by atoms with van der Waals surface area (Å²) in [4.78, 5) is 19.5. The van der Waals surface area contributed by atoms with Crippen LogP contribution in [0.1, 0.15) is 16.1 Å². The molecule has 0 amide bonds. The third kappa shape index (κ3) is 2.73. The lowest BCUT2D eigenvalue weighted by atomic mass is 9.98. The number of imidazole rings is 1. The number of Topliss-reactive ketones (excluding diaryl/α,β-unsaturated/α-hetero) is 1. The van der Waals surface area contributed by atoms with Gasteiger partial charge in [-0.2, -0.15) is 0 Å². The lowest BCUT2D eigenvalue weighted by Crippen LogP contribution is -2.34. The van der Waals surface area contributed by atoms with Gasteiger partial charge in [0, 0.05) is 23.9 Å². The van der Waals surface area contributed by atoms with Crippen molar-refractivity contribution in [3.8, 4) is 0 Å². The number of carbonyl (C=O) groups is 1. The zero-order valence-electron chi connectivity index (χ0n) is 11.4. The second kappa shape index (κ2) is 5.76. The quantitative estimate of drug-likeness (QED) is 0.570. The first-order chi connectivity index (χ1) is 10.2. The van der Waals surface area contributed by atoms with Crippen molar-refractivity contribution >= 4 is 31.1 Å². The number of fused-ring (bicyclic) bond motifs is 1. The van der Waals surface area contributed by atoms with Crippen molar-refractivity contribution in [2.24, 2.45) is 5.73 Å². The lowest BCUT2D eigenvalue weighted by molar-refractivity contribution is 0.0962. The van der Waals surface area contributed by atoms with Crippen LogP contribution in [0.4, 0.5) is 0 Å². The standard InChI is InChI=1S/C16H16N3OP/c17-14(7-11-8-18-9-19-11)15(20)13-6-5-10-3-1-2-4-12(10)16(13)21/h1-6,8-9,14H,7,17,21H2,(H,18,19)/t14-/m0/s1. The molecular formula is C16H16N3OP. The minimum absolute atomic E-state index is 0.0552. The van der Waals surface area contributed by atoms with Gasteiger partial charge in [0.05, 0.1) is 12.4 Å². The Morgan fingerprint density at radius 2 is 2.10 bits per heavy atom. The Bertz CT molecular complexity index is 783. The molecule has 0 spiro atoms. The van der Waals surface area contributed by atoms with Gasteiger partial charge in [-0.15, -0.1) is 9.24 Å². The van der Waals surface area contributed by atoms with E-state index in [2.05, 4.69) is 19.2 Å². The van der Waals surface area contributed by atoms with Crippen molar-refractivity contribution in [1.29, 1.82) is 0 Å². The van der Waals surface area contributed by atoms with Gasteiger partial charge in [0.2, 0.25) is 0 Å². The van der Waals surface area contributed by atoms with Crippen LogP contribution in [0.5, 0.6) is 0 Å². The highest BCUT2D eigenvalue weighted by atomic mass is 31.0. The number of aromatic nitrogens is 2. The SMILES string of the molecule is N[C@@H](Cc1cnc[nH]1)C(=O)c1ccc2ccccc2c1P. The van der Waals surface area contributed by atoms with Crippen molar-refractivity contribution < 1.29 is 4.79 Å². The first-order valence-electron chi connectivity index (χ1n) is 6.71. The van der Waals surface area contributed by atoms with E-state index in [1.807, 2.05) is 36.4 Å². The lowest BCUT2D eigenvalue weighted by Gasteiger charge is -2.13.